The molecule has 3 amide bonds. The number of hydrogen-bond acceptors (Lipinski definition) is 5. The summed E-state index contributed by atoms with van der Waals surface area (Å²) in [6.45, 7) is 5.86. The molecule has 198 valence electrons. The Morgan fingerprint density at radius 1 is 0.842 bits per heavy atom. The van der Waals surface area contributed by atoms with Gasteiger partial charge in [-0.15, -0.1) is 0 Å². The van der Waals surface area contributed by atoms with Crippen LogP contribution in [-0.2, 0) is 11.3 Å². The molecule has 3 rings (SSSR count). The number of carboxylic acids is 1. The molecular weight excluding hydrogens is 484 g/mol. The lowest BCUT2D eigenvalue weighted by Gasteiger charge is -2.25. The van der Waals surface area contributed by atoms with Gasteiger partial charge in [-0.2, -0.15) is 0 Å². The summed E-state index contributed by atoms with van der Waals surface area (Å²) in [5, 5.41) is 20.1. The standard InChI is InChI=1S/C29H32N4O5/c1-19-7-4-5-10-24(19)33-28(38)32-23-13-11-20(12-14-23)18-31-29(2,3)26(36)21-8-6-9-22(17-21)27(37)30-16-15-25(34)35/h4-14,17,31H,15-16,18H2,1-3H3,(H,30,37)(H,34,35)(H2,32,33,38). The van der Waals surface area contributed by atoms with Gasteiger partial charge in [-0.3, -0.25) is 14.4 Å². The van der Waals surface area contributed by atoms with Gasteiger partial charge in [0.05, 0.1) is 12.0 Å². The average molecular weight is 517 g/mol. The maximum absolute atomic E-state index is 13.2. The largest absolute Gasteiger partial charge is 0.481 e. The lowest BCUT2D eigenvalue weighted by atomic mass is 9.92. The van der Waals surface area contributed by atoms with Gasteiger partial charge >= 0.3 is 12.0 Å². The molecule has 0 fully saturated rings. The van der Waals surface area contributed by atoms with Crippen molar-refractivity contribution in [3.05, 3.63) is 95.1 Å². The first-order valence-corrected chi connectivity index (χ1v) is 12.2. The van der Waals surface area contributed by atoms with Crippen molar-refractivity contribution in [3.8, 4) is 0 Å². The summed E-state index contributed by atoms with van der Waals surface area (Å²) in [5.41, 5.74) is 2.98. The minimum Gasteiger partial charge on any atom is -0.481 e. The predicted molar refractivity (Wildman–Crippen MR) is 147 cm³/mol. The van der Waals surface area contributed by atoms with Gasteiger partial charge in [-0.1, -0.05) is 42.5 Å². The van der Waals surface area contributed by atoms with Crippen molar-refractivity contribution in [1.82, 2.24) is 10.6 Å². The second kappa shape index (κ2) is 12.6. The Balaban J connectivity index is 1.55. The number of anilines is 2. The molecule has 0 aliphatic rings. The monoisotopic (exact) mass is 516 g/mol. The molecule has 0 radical (unpaired) electrons. The third kappa shape index (κ3) is 8.01. The van der Waals surface area contributed by atoms with Crippen LogP contribution in [-0.4, -0.2) is 40.9 Å². The van der Waals surface area contributed by atoms with E-state index in [0.717, 1.165) is 16.8 Å². The van der Waals surface area contributed by atoms with E-state index in [4.69, 9.17) is 5.11 Å². The summed E-state index contributed by atoms with van der Waals surface area (Å²) < 4.78 is 0. The second-order valence-electron chi connectivity index (χ2n) is 9.38. The van der Waals surface area contributed by atoms with E-state index in [9.17, 15) is 19.2 Å². The summed E-state index contributed by atoms with van der Waals surface area (Å²) in [4.78, 5) is 48.4. The number of aryl methyl sites for hydroxylation is 1. The number of carbonyl (C=O) groups excluding carboxylic acids is 3. The van der Waals surface area contributed by atoms with Crippen molar-refractivity contribution in [2.24, 2.45) is 0 Å². The molecule has 0 atom stereocenters. The number of carbonyl (C=O) groups is 4. The fraction of sp³-hybridized carbons (Fsp3) is 0.241. The van der Waals surface area contributed by atoms with Crippen LogP contribution in [0, 0.1) is 6.92 Å². The van der Waals surface area contributed by atoms with Crippen LogP contribution in [0.25, 0.3) is 0 Å². The van der Waals surface area contributed by atoms with Crippen LogP contribution in [0.15, 0.2) is 72.8 Å². The molecule has 0 bridgehead atoms. The topological polar surface area (TPSA) is 137 Å². The maximum atomic E-state index is 13.2. The number of rotatable bonds is 11. The van der Waals surface area contributed by atoms with E-state index in [1.807, 2.05) is 43.3 Å². The van der Waals surface area contributed by atoms with Crippen molar-refractivity contribution in [3.63, 3.8) is 0 Å². The Hall–Kier alpha value is -4.50. The van der Waals surface area contributed by atoms with E-state index in [1.54, 1.807) is 44.2 Å². The van der Waals surface area contributed by atoms with Crippen LogP contribution in [0.5, 0.6) is 0 Å². The SMILES string of the molecule is Cc1ccccc1NC(=O)Nc1ccc(CNC(C)(C)C(=O)c2cccc(C(=O)NCCC(=O)O)c2)cc1. The third-order valence-electron chi connectivity index (χ3n) is 5.92. The van der Waals surface area contributed by atoms with E-state index in [-0.39, 0.29) is 30.3 Å². The first kappa shape index (κ1) is 28.1. The highest BCUT2D eigenvalue weighted by Crippen LogP contribution is 2.18. The number of nitrogens with one attached hydrogen (secondary N) is 4. The van der Waals surface area contributed by atoms with Gasteiger partial charge in [0.25, 0.3) is 5.91 Å². The fourth-order valence-corrected chi connectivity index (χ4v) is 3.65. The Kier molecular flexibility index (Phi) is 9.34. The number of benzene rings is 3. The third-order valence-corrected chi connectivity index (χ3v) is 5.92. The zero-order chi connectivity index (χ0) is 27.7. The van der Waals surface area contributed by atoms with Crippen LogP contribution >= 0.6 is 0 Å². The van der Waals surface area contributed by atoms with Crippen LogP contribution in [0.2, 0.25) is 0 Å². The number of hydrogen-bond donors (Lipinski definition) is 5. The fourth-order valence-electron chi connectivity index (χ4n) is 3.65. The lowest BCUT2D eigenvalue weighted by Crippen LogP contribution is -2.46. The van der Waals surface area contributed by atoms with E-state index >= 15 is 0 Å². The van der Waals surface area contributed by atoms with Gasteiger partial charge in [0.2, 0.25) is 0 Å². The molecule has 3 aromatic rings. The summed E-state index contributed by atoms with van der Waals surface area (Å²) in [6, 6.07) is 20.8. The zero-order valence-corrected chi connectivity index (χ0v) is 21.6. The van der Waals surface area contributed by atoms with E-state index < -0.39 is 17.4 Å². The van der Waals surface area contributed by atoms with Gasteiger partial charge in [-0.05, 0) is 62.2 Å². The molecule has 0 spiro atoms. The normalized spacial score (nSPS) is 10.9. The van der Waals surface area contributed by atoms with Crippen molar-refractivity contribution in [1.29, 1.82) is 0 Å². The van der Waals surface area contributed by atoms with Gasteiger partial charge in [0.1, 0.15) is 0 Å². The Labute approximate surface area is 221 Å². The molecule has 38 heavy (non-hydrogen) atoms. The molecule has 9 heteroatoms. The number of amides is 3. The molecule has 0 aliphatic heterocycles. The Morgan fingerprint density at radius 3 is 2.21 bits per heavy atom. The Morgan fingerprint density at radius 2 is 1.53 bits per heavy atom. The number of urea groups is 1. The minimum absolute atomic E-state index is 0.00503. The lowest BCUT2D eigenvalue weighted by molar-refractivity contribution is -0.136. The summed E-state index contributed by atoms with van der Waals surface area (Å²) in [6.07, 6.45) is -0.182. The first-order valence-electron chi connectivity index (χ1n) is 12.2. The molecule has 0 aromatic heterocycles. The minimum atomic E-state index is -1.00. The van der Waals surface area contributed by atoms with Crippen molar-refractivity contribution >= 4 is 35.1 Å². The molecule has 0 aliphatic carbocycles. The smallest absolute Gasteiger partial charge is 0.323 e. The van der Waals surface area contributed by atoms with E-state index in [2.05, 4.69) is 21.3 Å². The number of aliphatic carboxylic acids is 1. The number of ketones is 1. The summed E-state index contributed by atoms with van der Waals surface area (Å²) in [5.74, 6) is -1.63. The molecular formula is C29H32N4O5. The average Bonchev–Trinajstić information content (AvgIpc) is 2.89. The summed E-state index contributed by atoms with van der Waals surface area (Å²) in [7, 11) is 0. The van der Waals surface area contributed by atoms with Crippen LogP contribution in [0.3, 0.4) is 0 Å². The highest BCUT2D eigenvalue weighted by molar-refractivity contribution is 6.05. The molecule has 9 nitrogen and oxygen atoms in total. The van der Waals surface area contributed by atoms with Crippen molar-refractivity contribution in [2.45, 2.75) is 39.3 Å². The molecule has 3 aromatic carbocycles. The van der Waals surface area contributed by atoms with Crippen molar-refractivity contribution in [2.75, 3.05) is 17.2 Å². The van der Waals surface area contributed by atoms with Crippen LogP contribution in [0.1, 0.15) is 52.1 Å². The number of para-hydroxylation sites is 1. The maximum Gasteiger partial charge on any atom is 0.323 e. The van der Waals surface area contributed by atoms with E-state index in [0.29, 0.717) is 17.8 Å². The number of carboxylic acid groups (broad SMARTS) is 1. The second-order valence-corrected chi connectivity index (χ2v) is 9.38. The van der Waals surface area contributed by atoms with Gasteiger partial charge in [0, 0.05) is 35.6 Å². The van der Waals surface area contributed by atoms with Crippen LogP contribution in [0.4, 0.5) is 16.2 Å². The first-order chi connectivity index (χ1) is 18.0. The molecule has 5 N–H and O–H groups in total. The van der Waals surface area contributed by atoms with Gasteiger partial charge in [-0.25, -0.2) is 4.79 Å². The van der Waals surface area contributed by atoms with Gasteiger partial charge in [0.15, 0.2) is 5.78 Å². The molecule has 0 saturated carbocycles. The van der Waals surface area contributed by atoms with Gasteiger partial charge < -0.3 is 26.4 Å². The van der Waals surface area contributed by atoms with Crippen molar-refractivity contribution < 1.29 is 24.3 Å². The zero-order valence-electron chi connectivity index (χ0n) is 21.6. The quantitative estimate of drug-likeness (QED) is 0.236. The Bertz CT molecular complexity index is 1320. The summed E-state index contributed by atoms with van der Waals surface area (Å²) >= 11 is 0. The highest BCUT2D eigenvalue weighted by atomic mass is 16.4. The van der Waals surface area contributed by atoms with E-state index in [1.165, 1.54) is 6.07 Å². The highest BCUT2D eigenvalue weighted by Gasteiger charge is 2.28. The number of Topliss-reactive ketones (excluding diaryl/α,β-unsaturated/α-hetero) is 1. The molecule has 0 heterocycles. The van der Waals surface area contributed by atoms with Crippen LogP contribution < -0.4 is 21.3 Å². The molecule has 0 saturated heterocycles. The molecule has 0 unspecified atom stereocenters. The predicted octanol–water partition coefficient (Wildman–Crippen LogP) is 4.59.